The van der Waals surface area contributed by atoms with Gasteiger partial charge in [0, 0.05) is 17.5 Å². The fourth-order valence-electron chi connectivity index (χ4n) is 4.86. The Morgan fingerprint density at radius 1 is 0.485 bits per heavy atom. The molecule has 0 aliphatic carbocycles. The summed E-state index contributed by atoms with van der Waals surface area (Å²) in [7, 11) is 0. The summed E-state index contributed by atoms with van der Waals surface area (Å²) in [6.07, 6.45) is 29.2. The van der Waals surface area contributed by atoms with Crippen molar-refractivity contribution in [3.05, 3.63) is 65.5 Å². The Balaban J connectivity index is 1.82. The van der Waals surface area contributed by atoms with Gasteiger partial charge in [-0.05, 0) is 43.7 Å². The summed E-state index contributed by atoms with van der Waals surface area (Å²) in [5.74, 6) is 0. The topological polar surface area (TPSA) is 3.88 Å². The standard InChI is InChI=1S/C32H52N/c1-3-5-7-9-11-13-16-23-31-27-32(24-17-14-12-10-8-6-4-2)29-33(28-31)26-20-25-30-21-18-15-19-22-30/h15,18-19,21-22,27-29H,3-14,16-17,20,23-26H2,1-2H3/q+1. The fraction of sp³-hybridized carbons (Fsp3) is 0.656. The molecule has 0 aliphatic heterocycles. The van der Waals surface area contributed by atoms with E-state index in [-0.39, 0.29) is 0 Å². The molecule has 0 radical (unpaired) electrons. The summed E-state index contributed by atoms with van der Waals surface area (Å²) < 4.78 is 2.50. The van der Waals surface area contributed by atoms with Crippen LogP contribution in [0, 0.1) is 0 Å². The molecule has 184 valence electrons. The second-order valence-electron chi connectivity index (χ2n) is 10.1. The smallest absolute Gasteiger partial charge is 0.171 e. The van der Waals surface area contributed by atoms with Crippen molar-refractivity contribution in [2.45, 2.75) is 136 Å². The van der Waals surface area contributed by atoms with Crippen molar-refractivity contribution in [1.29, 1.82) is 0 Å². The molecular formula is C32H52N+. The Kier molecular flexibility index (Phi) is 15.7. The number of nitrogens with zero attached hydrogens (tertiary/aromatic N) is 1. The summed E-state index contributed by atoms with van der Waals surface area (Å²) in [6, 6.07) is 13.5. The molecule has 1 nitrogen and oxygen atoms in total. The first-order chi connectivity index (χ1) is 16.3. The lowest BCUT2D eigenvalue weighted by molar-refractivity contribution is -0.698. The van der Waals surface area contributed by atoms with Gasteiger partial charge in [-0.3, -0.25) is 0 Å². The van der Waals surface area contributed by atoms with Gasteiger partial charge in [-0.1, -0.05) is 121 Å². The van der Waals surface area contributed by atoms with E-state index in [1.165, 1.54) is 121 Å². The molecule has 1 heterocycles. The van der Waals surface area contributed by atoms with Crippen molar-refractivity contribution in [3.63, 3.8) is 0 Å². The van der Waals surface area contributed by atoms with Crippen LogP contribution in [0.1, 0.15) is 127 Å². The maximum absolute atomic E-state index is 2.52. The molecule has 33 heavy (non-hydrogen) atoms. The average Bonchev–Trinajstić information content (AvgIpc) is 2.83. The van der Waals surface area contributed by atoms with Crippen molar-refractivity contribution in [1.82, 2.24) is 0 Å². The molecular weight excluding hydrogens is 398 g/mol. The Morgan fingerprint density at radius 3 is 1.45 bits per heavy atom. The summed E-state index contributed by atoms with van der Waals surface area (Å²) in [5, 5.41) is 0. The highest BCUT2D eigenvalue weighted by Crippen LogP contribution is 2.14. The number of aromatic nitrogens is 1. The van der Waals surface area contributed by atoms with Crippen LogP contribution in [0.4, 0.5) is 0 Å². The molecule has 0 unspecified atom stereocenters. The maximum Gasteiger partial charge on any atom is 0.171 e. The fourth-order valence-corrected chi connectivity index (χ4v) is 4.86. The van der Waals surface area contributed by atoms with E-state index in [0.29, 0.717) is 0 Å². The molecule has 0 fully saturated rings. The zero-order chi connectivity index (χ0) is 23.4. The highest BCUT2D eigenvalue weighted by molar-refractivity contribution is 5.16. The Labute approximate surface area is 206 Å². The molecule has 0 saturated carbocycles. The normalized spacial score (nSPS) is 11.2. The van der Waals surface area contributed by atoms with Gasteiger partial charge >= 0.3 is 0 Å². The lowest BCUT2D eigenvalue weighted by atomic mass is 10.0. The van der Waals surface area contributed by atoms with E-state index in [1.54, 1.807) is 11.1 Å². The van der Waals surface area contributed by atoms with Gasteiger partial charge in [0.1, 0.15) is 6.54 Å². The van der Waals surface area contributed by atoms with Gasteiger partial charge in [-0.25, -0.2) is 4.57 Å². The molecule has 0 aliphatic rings. The zero-order valence-electron chi connectivity index (χ0n) is 22.0. The third kappa shape index (κ3) is 13.6. The molecule has 0 bridgehead atoms. The van der Waals surface area contributed by atoms with Crippen molar-refractivity contribution < 1.29 is 4.57 Å². The lowest BCUT2D eigenvalue weighted by Gasteiger charge is -2.07. The quantitative estimate of drug-likeness (QED) is 0.140. The number of hydrogen-bond acceptors (Lipinski definition) is 0. The van der Waals surface area contributed by atoms with Gasteiger partial charge < -0.3 is 0 Å². The van der Waals surface area contributed by atoms with Gasteiger partial charge in [-0.2, -0.15) is 0 Å². The molecule has 0 amide bonds. The van der Waals surface area contributed by atoms with Crippen LogP contribution in [-0.2, 0) is 25.8 Å². The first kappa shape index (κ1) is 27.6. The number of pyridine rings is 1. The minimum atomic E-state index is 1.13. The third-order valence-corrected chi connectivity index (χ3v) is 6.90. The highest BCUT2D eigenvalue weighted by atomic mass is 14.9. The zero-order valence-corrected chi connectivity index (χ0v) is 22.0. The van der Waals surface area contributed by atoms with E-state index >= 15 is 0 Å². The van der Waals surface area contributed by atoms with Crippen LogP contribution in [0.25, 0.3) is 0 Å². The Hall–Kier alpha value is -1.63. The number of aryl methyl sites for hydroxylation is 4. The predicted molar refractivity (Wildman–Crippen MR) is 145 cm³/mol. The first-order valence-corrected chi connectivity index (χ1v) is 14.4. The number of benzene rings is 1. The van der Waals surface area contributed by atoms with E-state index in [4.69, 9.17) is 0 Å². The minimum absolute atomic E-state index is 1.13. The van der Waals surface area contributed by atoms with Gasteiger partial charge in [0.2, 0.25) is 0 Å². The van der Waals surface area contributed by atoms with E-state index < -0.39 is 0 Å². The molecule has 1 heteroatoms. The maximum atomic E-state index is 2.52. The van der Waals surface area contributed by atoms with Crippen LogP contribution in [0.15, 0.2) is 48.8 Å². The van der Waals surface area contributed by atoms with Crippen LogP contribution < -0.4 is 4.57 Å². The van der Waals surface area contributed by atoms with Gasteiger partial charge in [0.25, 0.3) is 0 Å². The summed E-state index contributed by atoms with van der Waals surface area (Å²) in [4.78, 5) is 0. The Bertz CT molecular complexity index is 669. The van der Waals surface area contributed by atoms with Crippen molar-refractivity contribution >= 4 is 0 Å². The van der Waals surface area contributed by atoms with Crippen LogP contribution >= 0.6 is 0 Å². The van der Waals surface area contributed by atoms with E-state index in [2.05, 4.69) is 67.2 Å². The Morgan fingerprint density at radius 2 is 0.939 bits per heavy atom. The molecule has 0 saturated heterocycles. The second-order valence-corrected chi connectivity index (χ2v) is 10.1. The molecule has 0 spiro atoms. The molecule has 0 N–H and O–H groups in total. The number of hydrogen-bond donors (Lipinski definition) is 0. The van der Waals surface area contributed by atoms with Crippen molar-refractivity contribution in [2.75, 3.05) is 0 Å². The van der Waals surface area contributed by atoms with Crippen LogP contribution in [-0.4, -0.2) is 0 Å². The third-order valence-electron chi connectivity index (χ3n) is 6.90. The van der Waals surface area contributed by atoms with E-state index in [0.717, 1.165) is 6.54 Å². The van der Waals surface area contributed by atoms with Crippen molar-refractivity contribution in [2.24, 2.45) is 0 Å². The predicted octanol–water partition coefficient (Wildman–Crippen LogP) is 9.19. The van der Waals surface area contributed by atoms with Crippen LogP contribution in [0.5, 0.6) is 0 Å². The van der Waals surface area contributed by atoms with Gasteiger partial charge in [0.15, 0.2) is 12.4 Å². The van der Waals surface area contributed by atoms with Crippen LogP contribution in [0.3, 0.4) is 0 Å². The molecule has 1 aromatic carbocycles. The molecule has 2 aromatic rings. The van der Waals surface area contributed by atoms with Crippen molar-refractivity contribution in [3.8, 4) is 0 Å². The average molecular weight is 451 g/mol. The highest BCUT2D eigenvalue weighted by Gasteiger charge is 2.09. The van der Waals surface area contributed by atoms with E-state index in [9.17, 15) is 0 Å². The summed E-state index contributed by atoms with van der Waals surface area (Å²) in [6.45, 7) is 5.73. The van der Waals surface area contributed by atoms with Gasteiger partial charge in [0.05, 0.1) is 0 Å². The molecule has 0 atom stereocenters. The molecule has 2 rings (SSSR count). The second kappa shape index (κ2) is 18.8. The molecule has 1 aromatic heterocycles. The number of rotatable bonds is 20. The van der Waals surface area contributed by atoms with Crippen LogP contribution in [0.2, 0.25) is 0 Å². The summed E-state index contributed by atoms with van der Waals surface area (Å²) >= 11 is 0. The summed E-state index contributed by atoms with van der Waals surface area (Å²) in [5.41, 5.74) is 4.58. The lowest BCUT2D eigenvalue weighted by Crippen LogP contribution is -2.34. The minimum Gasteiger partial charge on any atom is -0.205 e. The first-order valence-electron chi connectivity index (χ1n) is 14.4. The van der Waals surface area contributed by atoms with Gasteiger partial charge in [-0.15, -0.1) is 0 Å². The van der Waals surface area contributed by atoms with E-state index in [1.807, 2.05) is 0 Å². The number of unbranched alkanes of at least 4 members (excludes halogenated alkanes) is 12. The SMILES string of the molecule is CCCCCCCCCc1cc(CCCCCCCCC)c[n+](CCCc2ccccc2)c1. The monoisotopic (exact) mass is 450 g/mol. The largest absolute Gasteiger partial charge is 0.205 e.